The predicted octanol–water partition coefficient (Wildman–Crippen LogP) is 2.00. The highest BCUT2D eigenvalue weighted by atomic mass is 35.5. The van der Waals surface area contributed by atoms with Crippen LogP contribution >= 0.6 is 11.6 Å². The highest BCUT2D eigenvalue weighted by molar-refractivity contribution is 6.30. The molecule has 0 aliphatic rings. The maximum Gasteiger partial charge on any atom is 0.317 e. The number of hydrogen-bond donors (Lipinski definition) is 1. The monoisotopic (exact) mass is 231 g/mol. The van der Waals surface area contributed by atoms with Gasteiger partial charge in [-0.2, -0.15) is 0 Å². The Bertz CT molecular complexity index is 350. The summed E-state index contributed by atoms with van der Waals surface area (Å²) in [5, 5.41) is 8.84. The van der Waals surface area contributed by atoms with Gasteiger partial charge in [0.05, 0.1) is 6.54 Å². The zero-order chi connectivity index (χ0) is 11.4. The Morgan fingerprint density at radius 2 is 2.20 bits per heavy atom. The van der Waals surface area contributed by atoms with E-state index >= 15 is 0 Å². The van der Waals surface area contributed by atoms with Crippen LogP contribution in [0.4, 0.5) is 4.39 Å². The van der Waals surface area contributed by atoms with E-state index in [1.807, 2.05) is 0 Å². The van der Waals surface area contributed by atoms with E-state index in [-0.39, 0.29) is 6.54 Å². The lowest BCUT2D eigenvalue weighted by Crippen LogP contribution is -2.25. The van der Waals surface area contributed by atoms with E-state index in [4.69, 9.17) is 16.7 Å². The minimum absolute atomic E-state index is 0.0892. The smallest absolute Gasteiger partial charge is 0.317 e. The maximum absolute atomic E-state index is 12.9. The summed E-state index contributed by atoms with van der Waals surface area (Å²) in [6.07, 6.45) is 0. The van der Waals surface area contributed by atoms with Crippen LogP contribution in [-0.2, 0) is 11.3 Å². The normalized spacial score (nSPS) is 10.7. The molecule has 0 heterocycles. The van der Waals surface area contributed by atoms with Crippen LogP contribution in [0, 0.1) is 5.82 Å². The van der Waals surface area contributed by atoms with Crippen LogP contribution in [0.15, 0.2) is 18.2 Å². The second kappa shape index (κ2) is 5.09. The molecule has 1 rings (SSSR count). The molecule has 3 nitrogen and oxygen atoms in total. The van der Waals surface area contributed by atoms with Crippen LogP contribution in [0.25, 0.3) is 0 Å². The first-order valence-electron chi connectivity index (χ1n) is 4.32. The molecule has 82 valence electrons. The van der Waals surface area contributed by atoms with E-state index in [2.05, 4.69) is 0 Å². The lowest BCUT2D eigenvalue weighted by atomic mass is 10.2. The number of rotatable bonds is 4. The van der Waals surface area contributed by atoms with Gasteiger partial charge in [0, 0.05) is 11.6 Å². The van der Waals surface area contributed by atoms with Crippen molar-refractivity contribution in [2.75, 3.05) is 13.6 Å². The van der Waals surface area contributed by atoms with Crippen molar-refractivity contribution in [3.63, 3.8) is 0 Å². The molecule has 0 saturated carbocycles. The van der Waals surface area contributed by atoms with Gasteiger partial charge in [-0.25, -0.2) is 4.39 Å². The van der Waals surface area contributed by atoms with Crippen LogP contribution in [0.5, 0.6) is 0 Å². The maximum atomic E-state index is 12.9. The molecule has 0 bridgehead atoms. The minimum atomic E-state index is -0.917. The Balaban J connectivity index is 2.67. The van der Waals surface area contributed by atoms with E-state index in [1.54, 1.807) is 18.0 Å². The minimum Gasteiger partial charge on any atom is -0.480 e. The number of benzene rings is 1. The highest BCUT2D eigenvalue weighted by Crippen LogP contribution is 2.15. The van der Waals surface area contributed by atoms with Crippen LogP contribution in [0.1, 0.15) is 5.56 Å². The molecule has 1 N–H and O–H groups in total. The Morgan fingerprint density at radius 1 is 1.53 bits per heavy atom. The molecule has 0 aliphatic carbocycles. The third kappa shape index (κ3) is 4.27. The molecule has 0 unspecified atom stereocenters. The van der Waals surface area contributed by atoms with E-state index in [9.17, 15) is 9.18 Å². The number of nitrogens with zero attached hydrogens (tertiary/aromatic N) is 1. The van der Waals surface area contributed by atoms with Crippen molar-refractivity contribution >= 4 is 17.6 Å². The number of carbonyl (C=O) groups is 1. The molecular weight excluding hydrogens is 221 g/mol. The second-order valence-electron chi connectivity index (χ2n) is 3.34. The van der Waals surface area contributed by atoms with Gasteiger partial charge in [0.25, 0.3) is 0 Å². The van der Waals surface area contributed by atoms with Crippen molar-refractivity contribution in [3.05, 3.63) is 34.6 Å². The summed E-state index contributed by atoms with van der Waals surface area (Å²) in [7, 11) is 1.65. The van der Waals surface area contributed by atoms with Gasteiger partial charge in [0.15, 0.2) is 0 Å². The molecule has 15 heavy (non-hydrogen) atoms. The highest BCUT2D eigenvalue weighted by Gasteiger charge is 2.06. The fraction of sp³-hybridized carbons (Fsp3) is 0.300. The zero-order valence-electron chi connectivity index (χ0n) is 8.20. The first-order valence-corrected chi connectivity index (χ1v) is 4.70. The SMILES string of the molecule is CN(CC(=O)O)Cc1cc(F)cc(Cl)c1. The van der Waals surface area contributed by atoms with Crippen LogP contribution in [0.2, 0.25) is 5.02 Å². The molecule has 0 aliphatic heterocycles. The summed E-state index contributed by atoms with van der Waals surface area (Å²) >= 11 is 5.66. The molecule has 0 fully saturated rings. The Kier molecular flexibility index (Phi) is 4.05. The topological polar surface area (TPSA) is 40.5 Å². The lowest BCUT2D eigenvalue weighted by molar-refractivity contribution is -0.138. The van der Waals surface area contributed by atoms with E-state index in [0.29, 0.717) is 17.1 Å². The summed E-state index contributed by atoms with van der Waals surface area (Å²) in [4.78, 5) is 12.0. The number of aliphatic carboxylic acids is 1. The van der Waals surface area contributed by atoms with E-state index < -0.39 is 11.8 Å². The summed E-state index contributed by atoms with van der Waals surface area (Å²) < 4.78 is 12.9. The largest absolute Gasteiger partial charge is 0.480 e. The fourth-order valence-electron chi connectivity index (χ4n) is 1.30. The van der Waals surface area contributed by atoms with Crippen LogP contribution in [-0.4, -0.2) is 29.6 Å². The molecule has 0 amide bonds. The van der Waals surface area contributed by atoms with Gasteiger partial charge in [0.1, 0.15) is 5.82 Å². The molecule has 5 heteroatoms. The average Bonchev–Trinajstić information content (AvgIpc) is 1.98. The first-order chi connectivity index (χ1) is 6.97. The Labute approximate surface area is 92.1 Å². The third-order valence-corrected chi connectivity index (χ3v) is 2.00. The molecule has 1 aromatic rings. The number of halogens is 2. The fourth-order valence-corrected chi connectivity index (χ4v) is 1.55. The Morgan fingerprint density at radius 3 is 2.73 bits per heavy atom. The van der Waals surface area contributed by atoms with Gasteiger partial charge in [-0.05, 0) is 30.8 Å². The lowest BCUT2D eigenvalue weighted by Gasteiger charge is -2.13. The molecule has 0 aromatic heterocycles. The third-order valence-electron chi connectivity index (χ3n) is 1.78. The van der Waals surface area contributed by atoms with Crippen molar-refractivity contribution < 1.29 is 14.3 Å². The number of carboxylic acids is 1. The Hall–Kier alpha value is -1.13. The molecule has 0 radical (unpaired) electrons. The van der Waals surface area contributed by atoms with Crippen molar-refractivity contribution in [2.45, 2.75) is 6.54 Å². The molecule has 0 saturated heterocycles. The van der Waals surface area contributed by atoms with Gasteiger partial charge in [-0.15, -0.1) is 0 Å². The van der Waals surface area contributed by atoms with Crippen molar-refractivity contribution in [3.8, 4) is 0 Å². The van der Waals surface area contributed by atoms with Gasteiger partial charge < -0.3 is 5.11 Å². The molecular formula is C10H11ClFNO2. The molecule has 0 spiro atoms. The van der Waals surface area contributed by atoms with Gasteiger partial charge in [-0.3, -0.25) is 9.69 Å². The van der Waals surface area contributed by atoms with Gasteiger partial charge in [0.2, 0.25) is 0 Å². The average molecular weight is 232 g/mol. The van der Waals surface area contributed by atoms with E-state index in [0.717, 1.165) is 0 Å². The summed E-state index contributed by atoms with van der Waals surface area (Å²) in [6.45, 7) is 0.262. The van der Waals surface area contributed by atoms with Crippen molar-refractivity contribution in [2.24, 2.45) is 0 Å². The molecule has 0 atom stereocenters. The quantitative estimate of drug-likeness (QED) is 0.862. The standard InChI is InChI=1S/C10H11ClFNO2/c1-13(6-10(14)15)5-7-2-8(11)4-9(12)3-7/h2-4H,5-6H2,1H3,(H,14,15). The number of hydrogen-bond acceptors (Lipinski definition) is 2. The van der Waals surface area contributed by atoms with Gasteiger partial charge >= 0.3 is 5.97 Å². The number of likely N-dealkylation sites (N-methyl/N-ethyl adjacent to an activating group) is 1. The van der Waals surface area contributed by atoms with Crippen molar-refractivity contribution in [1.29, 1.82) is 0 Å². The second-order valence-corrected chi connectivity index (χ2v) is 3.78. The van der Waals surface area contributed by atoms with E-state index in [1.165, 1.54) is 12.1 Å². The zero-order valence-corrected chi connectivity index (χ0v) is 8.96. The summed E-state index contributed by atoms with van der Waals surface area (Å²) in [5.74, 6) is -1.33. The predicted molar refractivity (Wildman–Crippen MR) is 55.4 cm³/mol. The first kappa shape index (κ1) is 11.9. The van der Waals surface area contributed by atoms with Crippen LogP contribution in [0.3, 0.4) is 0 Å². The summed E-state index contributed by atoms with van der Waals surface area (Å²) in [6, 6.07) is 4.16. The van der Waals surface area contributed by atoms with Crippen LogP contribution < -0.4 is 0 Å². The molecule has 1 aromatic carbocycles. The van der Waals surface area contributed by atoms with Gasteiger partial charge in [-0.1, -0.05) is 11.6 Å². The summed E-state index contributed by atoms with van der Waals surface area (Å²) in [5.41, 5.74) is 0.656. The van der Waals surface area contributed by atoms with Crippen molar-refractivity contribution in [1.82, 2.24) is 4.90 Å². The number of carboxylic acid groups (broad SMARTS) is 1.